The van der Waals surface area contributed by atoms with Crippen molar-refractivity contribution < 1.29 is 13.5 Å². The number of benzene rings is 2. The zero-order valence-corrected chi connectivity index (χ0v) is 15.6. The van der Waals surface area contributed by atoms with Gasteiger partial charge in [-0.3, -0.25) is 5.10 Å². The molecule has 1 N–H and O–H groups in total. The molecule has 1 saturated heterocycles. The highest BCUT2D eigenvalue weighted by Gasteiger charge is 2.41. The first kappa shape index (κ1) is 17.8. The monoisotopic (exact) mass is 390 g/mol. The van der Waals surface area contributed by atoms with Gasteiger partial charge in [0.2, 0.25) is 5.89 Å². The molecule has 7 heteroatoms. The zero-order valence-electron chi connectivity index (χ0n) is 15.6. The van der Waals surface area contributed by atoms with Crippen LogP contribution in [0.1, 0.15) is 24.3 Å². The SMILES string of the molecule is Fc1cccc(C2(c3nnc(-c4cc(-c5ccccc5)n[nH]4)o3)CCOCC2)c1. The van der Waals surface area contributed by atoms with Crippen molar-refractivity contribution in [2.45, 2.75) is 18.3 Å². The van der Waals surface area contributed by atoms with Gasteiger partial charge in [0.05, 0.1) is 11.1 Å². The third kappa shape index (κ3) is 3.23. The Labute approximate surface area is 166 Å². The summed E-state index contributed by atoms with van der Waals surface area (Å²) < 4.78 is 25.6. The van der Waals surface area contributed by atoms with Gasteiger partial charge >= 0.3 is 0 Å². The van der Waals surface area contributed by atoms with E-state index >= 15 is 0 Å². The molecule has 0 radical (unpaired) electrons. The Balaban J connectivity index is 1.52. The Kier molecular flexibility index (Phi) is 4.44. The van der Waals surface area contributed by atoms with Crippen molar-refractivity contribution in [2.24, 2.45) is 0 Å². The lowest BCUT2D eigenvalue weighted by molar-refractivity contribution is 0.0545. The second-order valence-corrected chi connectivity index (χ2v) is 7.15. The van der Waals surface area contributed by atoms with Crippen molar-refractivity contribution in [3.8, 4) is 22.8 Å². The van der Waals surface area contributed by atoms with E-state index in [1.165, 1.54) is 6.07 Å². The van der Waals surface area contributed by atoms with E-state index in [1.807, 2.05) is 42.5 Å². The predicted molar refractivity (Wildman–Crippen MR) is 105 cm³/mol. The fraction of sp³-hybridized carbons (Fsp3) is 0.227. The van der Waals surface area contributed by atoms with Crippen LogP contribution < -0.4 is 0 Å². The lowest BCUT2D eigenvalue weighted by Gasteiger charge is -2.34. The van der Waals surface area contributed by atoms with E-state index in [2.05, 4.69) is 20.4 Å². The Morgan fingerprint density at radius 3 is 2.55 bits per heavy atom. The van der Waals surface area contributed by atoms with E-state index in [9.17, 15) is 4.39 Å². The molecule has 0 amide bonds. The van der Waals surface area contributed by atoms with Crippen molar-refractivity contribution in [3.05, 3.63) is 77.9 Å². The number of nitrogens with one attached hydrogen (secondary N) is 1. The molecule has 29 heavy (non-hydrogen) atoms. The molecule has 4 aromatic rings. The third-order valence-electron chi connectivity index (χ3n) is 5.44. The summed E-state index contributed by atoms with van der Waals surface area (Å²) in [5.74, 6) is 0.545. The first-order chi connectivity index (χ1) is 14.2. The maximum atomic E-state index is 13.9. The Morgan fingerprint density at radius 2 is 1.76 bits per heavy atom. The summed E-state index contributed by atoms with van der Waals surface area (Å²) in [5.41, 5.74) is 2.70. The van der Waals surface area contributed by atoms with Crippen molar-refractivity contribution in [1.29, 1.82) is 0 Å². The number of nitrogens with zero attached hydrogens (tertiary/aromatic N) is 3. The zero-order chi connectivity index (χ0) is 19.7. The van der Waals surface area contributed by atoms with Gasteiger partial charge in [-0.05, 0) is 36.6 Å². The maximum absolute atomic E-state index is 13.9. The highest BCUT2D eigenvalue weighted by molar-refractivity contribution is 5.64. The fourth-order valence-corrected chi connectivity index (χ4v) is 3.85. The van der Waals surface area contributed by atoms with Crippen LogP contribution in [0, 0.1) is 5.82 Å². The number of halogens is 1. The highest BCUT2D eigenvalue weighted by Crippen LogP contribution is 2.41. The van der Waals surface area contributed by atoms with Gasteiger partial charge in [-0.15, -0.1) is 10.2 Å². The van der Waals surface area contributed by atoms with Gasteiger partial charge in [0, 0.05) is 18.8 Å². The summed E-state index contributed by atoms with van der Waals surface area (Å²) in [5, 5.41) is 15.9. The van der Waals surface area contributed by atoms with E-state index in [-0.39, 0.29) is 5.82 Å². The van der Waals surface area contributed by atoms with Gasteiger partial charge in [-0.25, -0.2) is 4.39 Å². The minimum Gasteiger partial charge on any atom is -0.418 e. The maximum Gasteiger partial charge on any atom is 0.265 e. The molecule has 1 aliphatic rings. The fourth-order valence-electron chi connectivity index (χ4n) is 3.85. The van der Waals surface area contributed by atoms with Crippen LogP contribution in [0.15, 0.2) is 65.1 Å². The van der Waals surface area contributed by atoms with Crippen LogP contribution in [0.3, 0.4) is 0 Å². The molecule has 2 aromatic heterocycles. The topological polar surface area (TPSA) is 76.8 Å². The van der Waals surface area contributed by atoms with Crippen LogP contribution in [0.25, 0.3) is 22.8 Å². The molecule has 0 atom stereocenters. The van der Waals surface area contributed by atoms with E-state index in [0.717, 1.165) is 16.8 Å². The molecule has 0 spiro atoms. The van der Waals surface area contributed by atoms with Crippen LogP contribution in [-0.4, -0.2) is 33.6 Å². The Bertz CT molecular complexity index is 1120. The molecule has 0 aliphatic carbocycles. The number of aromatic nitrogens is 4. The smallest absolute Gasteiger partial charge is 0.265 e. The van der Waals surface area contributed by atoms with Crippen LogP contribution in [-0.2, 0) is 10.2 Å². The number of aromatic amines is 1. The van der Waals surface area contributed by atoms with Gasteiger partial charge in [-0.2, -0.15) is 5.10 Å². The van der Waals surface area contributed by atoms with Gasteiger partial charge in [-0.1, -0.05) is 42.5 Å². The first-order valence-electron chi connectivity index (χ1n) is 9.54. The van der Waals surface area contributed by atoms with E-state index in [1.54, 1.807) is 12.1 Å². The average Bonchev–Trinajstić information content (AvgIpc) is 3.45. The number of rotatable bonds is 4. The quantitative estimate of drug-likeness (QED) is 0.560. The number of H-pyrrole nitrogens is 1. The molecular formula is C22H19FN4O2. The Hall–Kier alpha value is -3.32. The van der Waals surface area contributed by atoms with Gasteiger partial charge in [0.25, 0.3) is 5.89 Å². The number of ether oxygens (including phenoxy) is 1. The summed E-state index contributed by atoms with van der Waals surface area (Å²) in [6.07, 6.45) is 1.30. The van der Waals surface area contributed by atoms with Crippen molar-refractivity contribution in [2.75, 3.05) is 13.2 Å². The summed E-state index contributed by atoms with van der Waals surface area (Å²) in [7, 11) is 0. The van der Waals surface area contributed by atoms with Gasteiger partial charge in [0.1, 0.15) is 11.5 Å². The third-order valence-corrected chi connectivity index (χ3v) is 5.44. The normalized spacial score (nSPS) is 16.0. The second kappa shape index (κ2) is 7.25. The molecule has 0 saturated carbocycles. The summed E-state index contributed by atoms with van der Waals surface area (Å²) in [6.45, 7) is 1.10. The standard InChI is InChI=1S/C22H19FN4O2/c23-17-8-4-7-16(13-17)22(9-11-28-12-10-22)21-27-26-20(29-21)19-14-18(24-25-19)15-5-2-1-3-6-15/h1-8,13-14H,9-12H2,(H,24,25). The van der Waals surface area contributed by atoms with Crippen LogP contribution in [0.4, 0.5) is 4.39 Å². The van der Waals surface area contributed by atoms with Crippen molar-refractivity contribution in [3.63, 3.8) is 0 Å². The summed E-state index contributed by atoms with van der Waals surface area (Å²) >= 11 is 0. The number of hydrogen-bond donors (Lipinski definition) is 1. The van der Waals surface area contributed by atoms with E-state index < -0.39 is 5.41 Å². The van der Waals surface area contributed by atoms with Crippen LogP contribution in [0.2, 0.25) is 0 Å². The molecule has 6 nitrogen and oxygen atoms in total. The van der Waals surface area contributed by atoms with Gasteiger partial charge < -0.3 is 9.15 Å². The second-order valence-electron chi connectivity index (χ2n) is 7.15. The van der Waals surface area contributed by atoms with Crippen molar-refractivity contribution >= 4 is 0 Å². The summed E-state index contributed by atoms with van der Waals surface area (Å²) in [6, 6.07) is 18.3. The van der Waals surface area contributed by atoms with Crippen LogP contribution >= 0.6 is 0 Å². The molecule has 5 rings (SSSR count). The van der Waals surface area contributed by atoms with Crippen molar-refractivity contribution in [1.82, 2.24) is 20.4 Å². The lowest BCUT2D eigenvalue weighted by Crippen LogP contribution is -2.35. The van der Waals surface area contributed by atoms with E-state index in [4.69, 9.17) is 9.15 Å². The molecule has 0 bridgehead atoms. The minimum absolute atomic E-state index is 0.283. The largest absolute Gasteiger partial charge is 0.418 e. The molecule has 2 aromatic carbocycles. The van der Waals surface area contributed by atoms with E-state index in [0.29, 0.717) is 43.5 Å². The molecular weight excluding hydrogens is 371 g/mol. The van der Waals surface area contributed by atoms with Crippen LogP contribution in [0.5, 0.6) is 0 Å². The predicted octanol–water partition coefficient (Wildman–Crippen LogP) is 4.36. The lowest BCUT2D eigenvalue weighted by atomic mass is 9.74. The molecule has 1 fully saturated rings. The molecule has 3 heterocycles. The molecule has 0 unspecified atom stereocenters. The van der Waals surface area contributed by atoms with Gasteiger partial charge in [0.15, 0.2) is 0 Å². The summed E-state index contributed by atoms with van der Waals surface area (Å²) in [4.78, 5) is 0. The first-order valence-corrected chi connectivity index (χ1v) is 9.54. The molecule has 1 aliphatic heterocycles. The minimum atomic E-state index is -0.562. The molecule has 146 valence electrons. The Morgan fingerprint density at radius 1 is 0.931 bits per heavy atom. The highest BCUT2D eigenvalue weighted by atomic mass is 19.1. The number of hydrogen-bond acceptors (Lipinski definition) is 5. The average molecular weight is 390 g/mol.